The highest BCUT2D eigenvalue weighted by atomic mass is 16.6. The summed E-state index contributed by atoms with van der Waals surface area (Å²) in [6, 6.07) is 15.2. The van der Waals surface area contributed by atoms with Gasteiger partial charge in [0.1, 0.15) is 18.1 Å². The number of pyridine rings is 1. The van der Waals surface area contributed by atoms with Crippen molar-refractivity contribution in [3.63, 3.8) is 0 Å². The number of benzene rings is 2. The van der Waals surface area contributed by atoms with E-state index in [-0.39, 0.29) is 6.54 Å². The van der Waals surface area contributed by atoms with Gasteiger partial charge in [-0.15, -0.1) is 0 Å². The molecule has 2 aromatic carbocycles. The fourth-order valence-electron chi connectivity index (χ4n) is 2.94. The molecule has 32 heavy (non-hydrogen) atoms. The SMILES string of the molecule is C=C/C(C)=C(\C=C/C[N+](=O)[O-])Oc1ccnc2cc(OCc3ccccc3)c(OC)cc12. The summed E-state index contributed by atoms with van der Waals surface area (Å²) in [5.74, 6) is 2.10. The molecule has 0 aliphatic heterocycles. The Morgan fingerprint density at radius 2 is 1.94 bits per heavy atom. The van der Waals surface area contributed by atoms with Crippen LogP contribution in [0.4, 0.5) is 0 Å². The molecule has 0 N–H and O–H groups in total. The molecule has 1 heterocycles. The van der Waals surface area contributed by atoms with E-state index in [2.05, 4.69) is 11.6 Å². The van der Waals surface area contributed by atoms with Crippen LogP contribution in [0.1, 0.15) is 12.5 Å². The lowest BCUT2D eigenvalue weighted by Gasteiger charge is -2.15. The summed E-state index contributed by atoms with van der Waals surface area (Å²) >= 11 is 0. The van der Waals surface area contributed by atoms with E-state index >= 15 is 0 Å². The molecular weight excluding hydrogens is 408 g/mol. The van der Waals surface area contributed by atoms with Gasteiger partial charge in [0.05, 0.1) is 12.6 Å². The van der Waals surface area contributed by atoms with Gasteiger partial charge in [-0.1, -0.05) is 43.0 Å². The molecule has 0 aliphatic rings. The smallest absolute Gasteiger partial charge is 0.222 e. The summed E-state index contributed by atoms with van der Waals surface area (Å²) in [5, 5.41) is 11.4. The number of methoxy groups -OCH3 is 1. The molecule has 0 saturated heterocycles. The summed E-state index contributed by atoms with van der Waals surface area (Å²) in [6.45, 7) is 5.67. The number of fused-ring (bicyclic) bond motifs is 1. The van der Waals surface area contributed by atoms with Gasteiger partial charge in [-0.2, -0.15) is 0 Å². The Bertz CT molecular complexity index is 1170. The quantitative estimate of drug-likeness (QED) is 0.182. The first-order chi connectivity index (χ1) is 15.5. The maximum Gasteiger partial charge on any atom is 0.222 e. The molecule has 0 unspecified atom stereocenters. The Kier molecular flexibility index (Phi) is 7.59. The van der Waals surface area contributed by atoms with Crippen molar-refractivity contribution in [2.45, 2.75) is 13.5 Å². The van der Waals surface area contributed by atoms with Gasteiger partial charge in [0, 0.05) is 22.6 Å². The fraction of sp³-hybridized carbons (Fsp3) is 0.160. The number of aromatic nitrogens is 1. The molecule has 0 saturated carbocycles. The van der Waals surface area contributed by atoms with Crippen LogP contribution >= 0.6 is 0 Å². The van der Waals surface area contributed by atoms with Crippen molar-refractivity contribution >= 4 is 10.9 Å². The van der Waals surface area contributed by atoms with Crippen LogP contribution in [-0.2, 0) is 6.61 Å². The lowest BCUT2D eigenvalue weighted by Crippen LogP contribution is -2.01. The highest BCUT2D eigenvalue weighted by Gasteiger charge is 2.13. The van der Waals surface area contributed by atoms with Crippen LogP contribution in [0, 0.1) is 10.1 Å². The standard InChI is InChI=1S/C25H24N2O5/c1-4-18(2)22(11-8-14-27(28)29)32-23-12-13-26-21-16-25(24(30-3)15-20(21)23)31-17-19-9-6-5-7-10-19/h4-13,15-16H,1,14,17H2,2-3H3/b11-8-,22-18+. The molecule has 3 aromatic rings. The highest BCUT2D eigenvalue weighted by Crippen LogP contribution is 2.36. The Balaban J connectivity index is 1.93. The van der Waals surface area contributed by atoms with Gasteiger partial charge in [0.25, 0.3) is 0 Å². The Hall–Kier alpha value is -4.13. The largest absolute Gasteiger partial charge is 0.493 e. The minimum atomic E-state index is -0.416. The zero-order valence-electron chi connectivity index (χ0n) is 18.0. The lowest BCUT2D eigenvalue weighted by atomic mass is 10.1. The average Bonchev–Trinajstić information content (AvgIpc) is 2.81. The van der Waals surface area contributed by atoms with Gasteiger partial charge >= 0.3 is 0 Å². The molecular formula is C25H24N2O5. The van der Waals surface area contributed by atoms with Gasteiger partial charge in [0.15, 0.2) is 11.5 Å². The zero-order chi connectivity index (χ0) is 22.9. The van der Waals surface area contributed by atoms with Gasteiger partial charge in [-0.3, -0.25) is 15.1 Å². The topological polar surface area (TPSA) is 83.7 Å². The van der Waals surface area contributed by atoms with Crippen molar-refractivity contribution in [3.8, 4) is 17.2 Å². The van der Waals surface area contributed by atoms with Crippen LogP contribution < -0.4 is 14.2 Å². The summed E-state index contributed by atoms with van der Waals surface area (Å²) in [4.78, 5) is 14.7. The van der Waals surface area contributed by atoms with Crippen LogP contribution in [-0.4, -0.2) is 23.6 Å². The molecule has 0 atom stereocenters. The predicted molar refractivity (Wildman–Crippen MR) is 124 cm³/mol. The van der Waals surface area contributed by atoms with Crippen molar-refractivity contribution in [1.29, 1.82) is 0 Å². The van der Waals surface area contributed by atoms with Crippen LogP contribution in [0.5, 0.6) is 17.2 Å². The number of hydrogen-bond donors (Lipinski definition) is 0. The lowest BCUT2D eigenvalue weighted by molar-refractivity contribution is -0.468. The monoisotopic (exact) mass is 432 g/mol. The normalized spacial score (nSPS) is 11.8. The molecule has 0 bridgehead atoms. The van der Waals surface area contributed by atoms with Crippen LogP contribution in [0.2, 0.25) is 0 Å². The number of ether oxygens (including phenoxy) is 3. The van der Waals surface area contributed by atoms with E-state index in [4.69, 9.17) is 14.2 Å². The number of nitro groups is 1. The van der Waals surface area contributed by atoms with Gasteiger partial charge in [-0.05, 0) is 42.3 Å². The molecule has 164 valence electrons. The molecule has 0 radical (unpaired) electrons. The second-order valence-corrected chi connectivity index (χ2v) is 6.87. The number of hydrogen-bond acceptors (Lipinski definition) is 6. The highest BCUT2D eigenvalue weighted by molar-refractivity contribution is 5.88. The average molecular weight is 432 g/mol. The van der Waals surface area contributed by atoms with E-state index in [0.29, 0.717) is 40.5 Å². The van der Waals surface area contributed by atoms with E-state index in [1.807, 2.05) is 37.3 Å². The Morgan fingerprint density at radius 3 is 2.62 bits per heavy atom. The maximum atomic E-state index is 10.6. The zero-order valence-corrected chi connectivity index (χ0v) is 18.0. The summed E-state index contributed by atoms with van der Waals surface area (Å²) < 4.78 is 17.6. The molecule has 0 aliphatic carbocycles. The first-order valence-electron chi connectivity index (χ1n) is 9.94. The third kappa shape index (κ3) is 5.72. The van der Waals surface area contributed by atoms with E-state index < -0.39 is 4.92 Å². The Morgan fingerprint density at radius 1 is 1.16 bits per heavy atom. The first-order valence-corrected chi connectivity index (χ1v) is 9.94. The second kappa shape index (κ2) is 10.8. The van der Waals surface area contributed by atoms with Crippen molar-refractivity contribution in [2.75, 3.05) is 13.7 Å². The minimum absolute atomic E-state index is 0.301. The molecule has 1 aromatic heterocycles. The fourth-order valence-corrected chi connectivity index (χ4v) is 2.94. The van der Waals surface area contributed by atoms with Crippen LogP contribution in [0.15, 0.2) is 90.9 Å². The summed E-state index contributed by atoms with van der Waals surface area (Å²) in [5.41, 5.74) is 2.44. The van der Waals surface area contributed by atoms with E-state index in [9.17, 15) is 10.1 Å². The number of allylic oxidation sites excluding steroid dienone is 3. The molecule has 0 spiro atoms. The predicted octanol–water partition coefficient (Wildman–Crippen LogP) is 5.49. The first kappa shape index (κ1) is 22.6. The van der Waals surface area contributed by atoms with Gasteiger partial charge < -0.3 is 14.2 Å². The third-order valence-corrected chi connectivity index (χ3v) is 4.66. The van der Waals surface area contributed by atoms with Crippen molar-refractivity contribution in [2.24, 2.45) is 0 Å². The van der Waals surface area contributed by atoms with E-state index in [1.54, 1.807) is 43.7 Å². The second-order valence-electron chi connectivity index (χ2n) is 6.87. The minimum Gasteiger partial charge on any atom is -0.493 e. The summed E-state index contributed by atoms with van der Waals surface area (Å²) in [7, 11) is 1.57. The number of nitrogens with zero attached hydrogens (tertiary/aromatic N) is 2. The van der Waals surface area contributed by atoms with Crippen molar-refractivity contribution in [3.05, 3.63) is 107 Å². The molecule has 0 amide bonds. The molecule has 7 nitrogen and oxygen atoms in total. The van der Waals surface area contributed by atoms with Crippen LogP contribution in [0.25, 0.3) is 10.9 Å². The Labute approximate surface area is 186 Å². The maximum absolute atomic E-state index is 10.6. The van der Waals surface area contributed by atoms with Crippen LogP contribution in [0.3, 0.4) is 0 Å². The van der Waals surface area contributed by atoms with Crippen molar-refractivity contribution < 1.29 is 19.1 Å². The summed E-state index contributed by atoms with van der Waals surface area (Å²) in [6.07, 6.45) is 6.26. The van der Waals surface area contributed by atoms with E-state index in [1.165, 1.54) is 6.08 Å². The molecule has 3 rings (SSSR count). The molecule has 0 fully saturated rings. The van der Waals surface area contributed by atoms with Gasteiger partial charge in [-0.25, -0.2) is 0 Å². The van der Waals surface area contributed by atoms with Gasteiger partial charge in [0.2, 0.25) is 6.54 Å². The number of rotatable bonds is 10. The van der Waals surface area contributed by atoms with Crippen molar-refractivity contribution in [1.82, 2.24) is 4.98 Å². The third-order valence-electron chi connectivity index (χ3n) is 4.66. The van der Waals surface area contributed by atoms with E-state index in [0.717, 1.165) is 11.1 Å². The molecule has 7 heteroatoms.